The second kappa shape index (κ2) is 7.41. The molecule has 0 spiro atoms. The summed E-state index contributed by atoms with van der Waals surface area (Å²) in [5.74, 6) is 0.444. The van der Waals surface area contributed by atoms with Crippen LogP contribution in [0.4, 0.5) is 11.5 Å². The van der Waals surface area contributed by atoms with E-state index in [1.807, 2.05) is 0 Å². The number of anilines is 1. The molecule has 0 amide bonds. The van der Waals surface area contributed by atoms with Gasteiger partial charge in [-0.25, -0.2) is 4.98 Å². The van der Waals surface area contributed by atoms with Crippen molar-refractivity contribution >= 4 is 17.7 Å². The van der Waals surface area contributed by atoms with Gasteiger partial charge in [0.1, 0.15) is 12.0 Å². The summed E-state index contributed by atoms with van der Waals surface area (Å²) < 4.78 is 2.21. The summed E-state index contributed by atoms with van der Waals surface area (Å²) >= 11 is 0. The molecule has 2 heterocycles. The van der Waals surface area contributed by atoms with Gasteiger partial charge in [-0.3, -0.25) is 15.5 Å². The average molecular weight is 363 g/mol. The van der Waals surface area contributed by atoms with E-state index in [1.165, 1.54) is 29.5 Å². The molecule has 0 radical (unpaired) electrons. The molecule has 2 aromatic heterocycles. The molecule has 1 N–H and O–H groups in total. The molecule has 0 aliphatic heterocycles. The third-order valence-electron chi connectivity index (χ3n) is 4.40. The number of nitrogens with zero attached hydrogens (tertiary/aromatic N) is 4. The van der Waals surface area contributed by atoms with Gasteiger partial charge < -0.3 is 4.57 Å². The molecule has 0 aliphatic carbocycles. The lowest BCUT2D eigenvalue weighted by atomic mass is 10.1. The van der Waals surface area contributed by atoms with E-state index in [9.17, 15) is 10.1 Å². The molecule has 0 fully saturated rings. The van der Waals surface area contributed by atoms with Crippen LogP contribution < -0.4 is 5.43 Å². The largest absolute Gasteiger partial charge is 0.318 e. The number of aryl methyl sites for hydroxylation is 3. The van der Waals surface area contributed by atoms with E-state index in [0.717, 1.165) is 22.6 Å². The van der Waals surface area contributed by atoms with Crippen LogP contribution >= 0.6 is 0 Å². The summed E-state index contributed by atoms with van der Waals surface area (Å²) in [7, 11) is 0. The Hall–Kier alpha value is -3.48. The van der Waals surface area contributed by atoms with Crippen LogP contribution in [0.25, 0.3) is 5.69 Å². The monoisotopic (exact) mass is 363 g/mol. The van der Waals surface area contributed by atoms with E-state index < -0.39 is 4.92 Å². The minimum absolute atomic E-state index is 0.0541. The lowest BCUT2D eigenvalue weighted by Gasteiger charge is -2.13. The molecule has 7 heteroatoms. The predicted octanol–water partition coefficient (Wildman–Crippen LogP) is 4.46. The van der Waals surface area contributed by atoms with Gasteiger partial charge in [-0.05, 0) is 51.5 Å². The molecule has 138 valence electrons. The van der Waals surface area contributed by atoms with Gasteiger partial charge >= 0.3 is 0 Å². The number of pyridine rings is 1. The molecular weight excluding hydrogens is 342 g/mol. The summed E-state index contributed by atoms with van der Waals surface area (Å²) in [4.78, 5) is 14.1. The van der Waals surface area contributed by atoms with Gasteiger partial charge in [0.15, 0.2) is 0 Å². The smallest absolute Gasteiger partial charge is 0.287 e. The molecule has 27 heavy (non-hydrogen) atoms. The van der Waals surface area contributed by atoms with Gasteiger partial charge in [0.2, 0.25) is 0 Å². The molecule has 0 unspecified atom stereocenters. The van der Waals surface area contributed by atoms with Crippen molar-refractivity contribution in [3.05, 3.63) is 80.8 Å². The maximum atomic E-state index is 10.7. The number of aromatic nitrogens is 2. The van der Waals surface area contributed by atoms with Gasteiger partial charge in [-0.1, -0.05) is 17.7 Å². The highest BCUT2D eigenvalue weighted by Gasteiger charge is 2.11. The minimum Gasteiger partial charge on any atom is -0.318 e. The number of nitrogens with one attached hydrogen (secondary N) is 1. The van der Waals surface area contributed by atoms with Crippen LogP contribution in [-0.4, -0.2) is 20.7 Å². The Morgan fingerprint density at radius 3 is 2.56 bits per heavy atom. The molecule has 3 aromatic rings. The van der Waals surface area contributed by atoms with Crippen molar-refractivity contribution in [1.82, 2.24) is 9.55 Å². The van der Waals surface area contributed by atoms with E-state index in [4.69, 9.17) is 0 Å². The van der Waals surface area contributed by atoms with Crippen molar-refractivity contribution < 1.29 is 4.92 Å². The van der Waals surface area contributed by atoms with Gasteiger partial charge in [0.25, 0.3) is 5.69 Å². The van der Waals surface area contributed by atoms with Crippen molar-refractivity contribution in [3.63, 3.8) is 0 Å². The lowest BCUT2D eigenvalue weighted by Crippen LogP contribution is -2.02. The van der Waals surface area contributed by atoms with E-state index in [0.29, 0.717) is 5.82 Å². The van der Waals surface area contributed by atoms with Crippen molar-refractivity contribution in [1.29, 1.82) is 0 Å². The van der Waals surface area contributed by atoms with Crippen molar-refractivity contribution in [2.24, 2.45) is 5.10 Å². The summed E-state index contributed by atoms with van der Waals surface area (Å²) in [6, 6.07) is 11.4. The molecule has 0 atom stereocenters. The normalized spacial score (nSPS) is 11.1. The molecule has 0 aliphatic rings. The zero-order valence-corrected chi connectivity index (χ0v) is 15.7. The number of rotatable bonds is 5. The van der Waals surface area contributed by atoms with E-state index in [2.05, 4.69) is 72.0 Å². The molecule has 0 saturated heterocycles. The highest BCUT2D eigenvalue weighted by atomic mass is 16.6. The SMILES string of the molecule is Cc1ccc(-n2c(C)cc(C=NNc3ccc([N+](=O)[O-])cn3)c2C)c(C)c1. The Morgan fingerprint density at radius 2 is 1.93 bits per heavy atom. The number of hydrogen-bond donors (Lipinski definition) is 1. The molecule has 0 bridgehead atoms. The third kappa shape index (κ3) is 3.87. The van der Waals surface area contributed by atoms with Crippen molar-refractivity contribution in [2.45, 2.75) is 27.7 Å². The first kappa shape index (κ1) is 18.3. The minimum atomic E-state index is -0.484. The maximum absolute atomic E-state index is 10.7. The molecule has 1 aromatic carbocycles. The number of benzene rings is 1. The Morgan fingerprint density at radius 1 is 1.15 bits per heavy atom. The van der Waals surface area contributed by atoms with Crippen LogP contribution in [0.3, 0.4) is 0 Å². The third-order valence-corrected chi connectivity index (χ3v) is 4.40. The van der Waals surface area contributed by atoms with E-state index in [1.54, 1.807) is 6.21 Å². The second-order valence-corrected chi connectivity index (χ2v) is 6.48. The van der Waals surface area contributed by atoms with Gasteiger partial charge in [-0.2, -0.15) is 5.10 Å². The first-order valence-corrected chi connectivity index (χ1v) is 8.53. The number of hydrogen-bond acceptors (Lipinski definition) is 5. The van der Waals surface area contributed by atoms with Gasteiger partial charge in [0, 0.05) is 28.7 Å². The fourth-order valence-electron chi connectivity index (χ4n) is 3.07. The molecule has 0 saturated carbocycles. The van der Waals surface area contributed by atoms with E-state index >= 15 is 0 Å². The van der Waals surface area contributed by atoms with Crippen LogP contribution in [0.5, 0.6) is 0 Å². The molecule has 3 rings (SSSR count). The first-order valence-electron chi connectivity index (χ1n) is 8.53. The topological polar surface area (TPSA) is 85.3 Å². The zero-order valence-electron chi connectivity index (χ0n) is 15.7. The number of nitro groups is 1. The van der Waals surface area contributed by atoms with Gasteiger partial charge in [0.05, 0.1) is 11.1 Å². The Balaban J connectivity index is 1.82. The highest BCUT2D eigenvalue weighted by molar-refractivity contribution is 5.82. The van der Waals surface area contributed by atoms with Crippen LogP contribution in [0.1, 0.15) is 28.1 Å². The van der Waals surface area contributed by atoms with Crippen molar-refractivity contribution in [2.75, 3.05) is 5.43 Å². The fourth-order valence-corrected chi connectivity index (χ4v) is 3.07. The number of hydrazone groups is 1. The molecule has 7 nitrogen and oxygen atoms in total. The fraction of sp³-hybridized carbons (Fsp3) is 0.200. The summed E-state index contributed by atoms with van der Waals surface area (Å²) in [6.45, 7) is 8.31. The lowest BCUT2D eigenvalue weighted by molar-refractivity contribution is -0.385. The quantitative estimate of drug-likeness (QED) is 0.412. The Kier molecular flexibility index (Phi) is 5.03. The predicted molar refractivity (Wildman–Crippen MR) is 107 cm³/mol. The molecular formula is C20H21N5O2. The standard InChI is InChI=1S/C20H21N5O2/c1-13-5-7-19(14(2)9-13)24-15(3)10-17(16(24)4)11-22-23-20-8-6-18(12-21-20)25(26)27/h5-12H,1-4H3,(H,21,23). The summed E-state index contributed by atoms with van der Waals surface area (Å²) in [5, 5.41) is 14.9. The summed E-state index contributed by atoms with van der Waals surface area (Å²) in [5.41, 5.74) is 9.54. The Labute approximate surface area is 157 Å². The van der Waals surface area contributed by atoms with E-state index in [-0.39, 0.29) is 5.69 Å². The highest BCUT2D eigenvalue weighted by Crippen LogP contribution is 2.23. The Bertz CT molecular complexity index is 1020. The van der Waals surface area contributed by atoms with Crippen LogP contribution in [0, 0.1) is 37.8 Å². The van der Waals surface area contributed by atoms with Crippen molar-refractivity contribution in [3.8, 4) is 5.69 Å². The van der Waals surface area contributed by atoms with Crippen LogP contribution in [0.15, 0.2) is 47.7 Å². The van der Waals surface area contributed by atoms with Crippen LogP contribution in [0.2, 0.25) is 0 Å². The maximum Gasteiger partial charge on any atom is 0.287 e. The average Bonchev–Trinajstić information content (AvgIpc) is 2.90. The van der Waals surface area contributed by atoms with Gasteiger partial charge in [-0.15, -0.1) is 0 Å². The van der Waals surface area contributed by atoms with Crippen LogP contribution in [-0.2, 0) is 0 Å². The summed E-state index contributed by atoms with van der Waals surface area (Å²) in [6.07, 6.45) is 2.93. The zero-order chi connectivity index (χ0) is 19.6. The first-order chi connectivity index (χ1) is 12.9. The second-order valence-electron chi connectivity index (χ2n) is 6.48.